The minimum atomic E-state index is -0.201. The van der Waals surface area contributed by atoms with Gasteiger partial charge in [-0.1, -0.05) is 0 Å². The van der Waals surface area contributed by atoms with Crippen LogP contribution in [0.5, 0.6) is 0 Å². The average Bonchev–Trinajstić information content (AvgIpc) is 2.72. The zero-order chi connectivity index (χ0) is 9.26. The van der Waals surface area contributed by atoms with Crippen molar-refractivity contribution in [3.05, 3.63) is 47.3 Å². The van der Waals surface area contributed by atoms with Crippen molar-refractivity contribution in [2.45, 2.75) is 0 Å². The molecule has 0 aromatic carbocycles. The van der Waals surface area contributed by atoms with Crippen molar-refractivity contribution in [1.29, 1.82) is 0 Å². The summed E-state index contributed by atoms with van der Waals surface area (Å²) in [4.78, 5) is 11.6. The summed E-state index contributed by atoms with van der Waals surface area (Å²) in [5.74, 6) is -0.201. The first-order chi connectivity index (χ1) is 6.29. The van der Waals surface area contributed by atoms with E-state index < -0.39 is 0 Å². The fourth-order valence-corrected chi connectivity index (χ4v) is 1.21. The third kappa shape index (κ3) is 1.38. The number of furan rings is 2. The third-order valence-corrected chi connectivity index (χ3v) is 1.94. The molecule has 13 heavy (non-hydrogen) atoms. The smallest absolute Gasteiger partial charge is 0.204 e. The van der Waals surface area contributed by atoms with E-state index in [1.54, 1.807) is 6.07 Å². The molecule has 0 fully saturated rings. The van der Waals surface area contributed by atoms with Gasteiger partial charge in [-0.2, -0.15) is 0 Å². The molecule has 2 aromatic heterocycles. The highest BCUT2D eigenvalue weighted by atomic mass is 35.5. The van der Waals surface area contributed by atoms with Crippen LogP contribution in [0.4, 0.5) is 0 Å². The van der Waals surface area contributed by atoms with Crippen molar-refractivity contribution in [3.63, 3.8) is 0 Å². The second-order valence-electron chi connectivity index (χ2n) is 2.45. The fraction of sp³-hybridized carbons (Fsp3) is 0. The van der Waals surface area contributed by atoms with Crippen LogP contribution < -0.4 is 0 Å². The summed E-state index contributed by atoms with van der Waals surface area (Å²) in [5.41, 5.74) is 0.811. The lowest BCUT2D eigenvalue weighted by Gasteiger charge is -1.91. The van der Waals surface area contributed by atoms with E-state index in [0.29, 0.717) is 11.1 Å². The van der Waals surface area contributed by atoms with Gasteiger partial charge >= 0.3 is 0 Å². The summed E-state index contributed by atoms with van der Waals surface area (Å²) < 4.78 is 9.58. The van der Waals surface area contributed by atoms with Crippen molar-refractivity contribution in [2.24, 2.45) is 0 Å². The summed E-state index contributed by atoms with van der Waals surface area (Å²) in [6, 6.07) is 3.10. The Labute approximate surface area is 78.9 Å². The van der Waals surface area contributed by atoms with Crippen LogP contribution in [0.2, 0.25) is 5.22 Å². The first-order valence-corrected chi connectivity index (χ1v) is 3.96. The molecule has 0 aliphatic rings. The summed E-state index contributed by atoms with van der Waals surface area (Å²) in [6.45, 7) is 0. The molecule has 0 spiro atoms. The number of ketones is 1. The minimum absolute atomic E-state index is 0.103. The molecular weight excluding hydrogens is 192 g/mol. The van der Waals surface area contributed by atoms with E-state index in [-0.39, 0.29) is 11.0 Å². The molecule has 0 saturated carbocycles. The monoisotopic (exact) mass is 196 g/mol. The van der Waals surface area contributed by atoms with Gasteiger partial charge in [0, 0.05) is 0 Å². The van der Waals surface area contributed by atoms with Gasteiger partial charge in [0.05, 0.1) is 23.7 Å². The van der Waals surface area contributed by atoms with Gasteiger partial charge in [0.15, 0.2) is 0 Å². The highest BCUT2D eigenvalue weighted by molar-refractivity contribution is 6.33. The fourth-order valence-electron chi connectivity index (χ4n) is 1.00. The van der Waals surface area contributed by atoms with Gasteiger partial charge in [-0.15, -0.1) is 0 Å². The zero-order valence-electron chi connectivity index (χ0n) is 6.49. The molecule has 0 aliphatic carbocycles. The number of halogens is 1. The van der Waals surface area contributed by atoms with Gasteiger partial charge in [0.25, 0.3) is 0 Å². The Morgan fingerprint density at radius 3 is 2.69 bits per heavy atom. The van der Waals surface area contributed by atoms with Gasteiger partial charge in [0.2, 0.25) is 11.0 Å². The Kier molecular flexibility index (Phi) is 1.94. The molecule has 2 rings (SSSR count). The van der Waals surface area contributed by atoms with Crippen molar-refractivity contribution in [1.82, 2.24) is 0 Å². The Morgan fingerprint density at radius 1 is 1.31 bits per heavy atom. The minimum Gasteiger partial charge on any atom is -0.472 e. The first kappa shape index (κ1) is 8.13. The van der Waals surface area contributed by atoms with Crippen LogP contribution in [-0.4, -0.2) is 5.78 Å². The van der Waals surface area contributed by atoms with Gasteiger partial charge < -0.3 is 8.83 Å². The van der Waals surface area contributed by atoms with Gasteiger partial charge in [-0.05, 0) is 23.7 Å². The molecule has 3 nitrogen and oxygen atoms in total. The number of hydrogen-bond acceptors (Lipinski definition) is 3. The Balaban J connectivity index is 2.39. The van der Waals surface area contributed by atoms with E-state index in [2.05, 4.69) is 0 Å². The van der Waals surface area contributed by atoms with Crippen LogP contribution in [0.15, 0.2) is 39.8 Å². The lowest BCUT2D eigenvalue weighted by molar-refractivity contribution is 0.103. The maximum absolute atomic E-state index is 11.6. The number of hydrogen-bond donors (Lipinski definition) is 0. The highest BCUT2D eigenvalue weighted by Crippen LogP contribution is 2.20. The van der Waals surface area contributed by atoms with E-state index >= 15 is 0 Å². The van der Waals surface area contributed by atoms with E-state index in [0.717, 1.165) is 0 Å². The maximum Gasteiger partial charge on any atom is 0.204 e. The van der Waals surface area contributed by atoms with Crippen LogP contribution in [0.1, 0.15) is 15.9 Å². The topological polar surface area (TPSA) is 43.4 Å². The number of carbonyl (C=O) groups excluding carboxylic acids is 1. The maximum atomic E-state index is 11.6. The second kappa shape index (κ2) is 3.11. The third-order valence-electron chi connectivity index (χ3n) is 1.65. The van der Waals surface area contributed by atoms with Crippen molar-refractivity contribution in [3.8, 4) is 0 Å². The van der Waals surface area contributed by atoms with E-state index in [9.17, 15) is 4.79 Å². The van der Waals surface area contributed by atoms with E-state index in [1.165, 1.54) is 24.9 Å². The molecule has 4 heteroatoms. The lowest BCUT2D eigenvalue weighted by atomic mass is 10.1. The standard InChI is InChI=1S/C9H5ClO3/c10-9-7(2-4-13-9)8(11)6-1-3-12-5-6/h1-5H. The van der Waals surface area contributed by atoms with Gasteiger partial charge in [0.1, 0.15) is 6.26 Å². The van der Waals surface area contributed by atoms with Crippen LogP contribution in [-0.2, 0) is 0 Å². The summed E-state index contributed by atoms with van der Waals surface area (Å²) in [6.07, 6.45) is 4.17. The first-order valence-electron chi connectivity index (χ1n) is 3.59. The quantitative estimate of drug-likeness (QED) is 0.694. The Bertz CT molecular complexity index is 414. The van der Waals surface area contributed by atoms with E-state index in [1.807, 2.05) is 0 Å². The average molecular weight is 197 g/mol. The molecule has 0 bridgehead atoms. The SMILES string of the molecule is O=C(c1ccoc1)c1ccoc1Cl. The molecule has 0 saturated heterocycles. The molecular formula is C9H5ClO3. The molecule has 0 unspecified atom stereocenters. The molecule has 2 heterocycles. The highest BCUT2D eigenvalue weighted by Gasteiger charge is 2.15. The van der Waals surface area contributed by atoms with Crippen LogP contribution >= 0.6 is 11.6 Å². The number of rotatable bonds is 2. The van der Waals surface area contributed by atoms with Crippen LogP contribution in [0.3, 0.4) is 0 Å². The molecule has 0 N–H and O–H groups in total. The summed E-state index contributed by atoms with van der Waals surface area (Å²) >= 11 is 5.63. The molecule has 0 atom stereocenters. The van der Waals surface area contributed by atoms with Crippen molar-refractivity contribution < 1.29 is 13.6 Å². The van der Waals surface area contributed by atoms with Crippen molar-refractivity contribution in [2.75, 3.05) is 0 Å². The molecule has 0 aliphatic heterocycles. The predicted octanol–water partition coefficient (Wildman–Crippen LogP) is 2.76. The van der Waals surface area contributed by atoms with Crippen molar-refractivity contribution >= 4 is 17.4 Å². The Morgan fingerprint density at radius 2 is 2.15 bits per heavy atom. The molecule has 0 radical (unpaired) electrons. The lowest BCUT2D eigenvalue weighted by Crippen LogP contribution is -1.97. The number of carbonyl (C=O) groups is 1. The largest absolute Gasteiger partial charge is 0.472 e. The normalized spacial score (nSPS) is 10.2. The van der Waals surface area contributed by atoms with E-state index in [4.69, 9.17) is 20.4 Å². The molecule has 66 valence electrons. The second-order valence-corrected chi connectivity index (χ2v) is 2.79. The zero-order valence-corrected chi connectivity index (χ0v) is 7.25. The summed E-state index contributed by atoms with van der Waals surface area (Å²) in [5, 5.41) is 0.103. The van der Waals surface area contributed by atoms with Crippen LogP contribution in [0, 0.1) is 0 Å². The Hall–Kier alpha value is -1.48. The predicted molar refractivity (Wildman–Crippen MR) is 45.9 cm³/mol. The molecule has 2 aromatic rings. The van der Waals surface area contributed by atoms with Gasteiger partial charge in [-0.25, -0.2) is 0 Å². The summed E-state index contributed by atoms with van der Waals surface area (Å²) in [7, 11) is 0. The molecule has 0 amide bonds. The van der Waals surface area contributed by atoms with Gasteiger partial charge in [-0.3, -0.25) is 4.79 Å². The van der Waals surface area contributed by atoms with Crippen LogP contribution in [0.25, 0.3) is 0 Å².